The first-order chi connectivity index (χ1) is 23.3. The number of carboxylic acids is 2. The van der Waals surface area contributed by atoms with Gasteiger partial charge in [0, 0.05) is 25.1 Å². The summed E-state index contributed by atoms with van der Waals surface area (Å²) < 4.78 is 0. The Hall–Kier alpha value is -5.27. The van der Waals surface area contributed by atoms with Crippen molar-refractivity contribution in [2.24, 2.45) is 5.92 Å². The fourth-order valence-corrected chi connectivity index (χ4v) is 6.26. The Morgan fingerprint density at radius 3 is 2.35 bits per heavy atom. The number of aryl methyl sites for hydroxylation is 1. The van der Waals surface area contributed by atoms with E-state index in [0.29, 0.717) is 24.7 Å². The zero-order valence-corrected chi connectivity index (χ0v) is 27.7. The average molecular weight is 678 g/mol. The number of para-hydroxylation sites is 1. The zero-order chi connectivity index (χ0) is 35.8. The summed E-state index contributed by atoms with van der Waals surface area (Å²) >= 11 is 0. The number of fused-ring (bicyclic) bond motifs is 2. The molecule has 4 rings (SSSR count). The number of aliphatic carboxylic acids is 2. The second-order valence-corrected chi connectivity index (χ2v) is 12.9. The van der Waals surface area contributed by atoms with Crippen LogP contribution in [-0.2, 0) is 46.4 Å². The predicted molar refractivity (Wildman–Crippen MR) is 177 cm³/mol. The van der Waals surface area contributed by atoms with E-state index in [-0.39, 0.29) is 25.8 Å². The van der Waals surface area contributed by atoms with Crippen LogP contribution < -0.4 is 21.3 Å². The van der Waals surface area contributed by atoms with Crippen LogP contribution in [0.3, 0.4) is 0 Å². The third-order valence-corrected chi connectivity index (χ3v) is 8.78. The SMILES string of the molecule is Cc1ccc2c(c1)CCN(C(=O)[C@@H](NC(=O)[C@H](CCCC(=O)O)NC(=O)C1Cc3ccccc3N1)C(C)C)[C@@H]2C(=O)N[C@H](C=O)CC(=O)O. The Morgan fingerprint density at radius 2 is 1.69 bits per heavy atom. The highest BCUT2D eigenvalue weighted by Crippen LogP contribution is 2.32. The number of aldehydes is 1. The average Bonchev–Trinajstić information content (AvgIpc) is 3.49. The molecular formula is C35H43N5O9. The standard InChI is InChI=1S/C35H43N5O9/c1-19(2)30(39-32(46)26(9-6-10-28(42)43)38-33(47)27-16-22-7-4-5-8-25(22)37-27)35(49)40-14-13-21-15-20(3)11-12-24(21)31(40)34(48)36-23(18-41)17-29(44)45/h4-5,7-8,11-12,15,18-19,23,26-27,30-31,37H,6,9-10,13-14,16-17H2,1-3H3,(H,36,48)(H,38,47)(H,39,46)(H,42,43)(H,44,45)/t23-,26-,27?,30-,31-/m0/s1. The molecule has 6 N–H and O–H groups in total. The van der Waals surface area contributed by atoms with E-state index in [1.807, 2.05) is 37.3 Å². The topological polar surface area (TPSA) is 211 Å². The molecule has 0 saturated heterocycles. The fraction of sp³-hybridized carbons (Fsp3) is 0.457. The van der Waals surface area contributed by atoms with Gasteiger partial charge in [-0.3, -0.25) is 28.8 Å². The number of carboxylic acid groups (broad SMARTS) is 2. The number of benzene rings is 2. The molecule has 0 bridgehead atoms. The fourth-order valence-electron chi connectivity index (χ4n) is 6.26. The van der Waals surface area contributed by atoms with E-state index in [0.717, 1.165) is 22.4 Å². The highest BCUT2D eigenvalue weighted by molar-refractivity contribution is 5.97. The van der Waals surface area contributed by atoms with Crippen LogP contribution >= 0.6 is 0 Å². The summed E-state index contributed by atoms with van der Waals surface area (Å²) in [5.41, 5.74) is 4.02. The van der Waals surface area contributed by atoms with E-state index < -0.39 is 78.1 Å². The Bertz CT molecular complexity index is 1580. The van der Waals surface area contributed by atoms with Crippen molar-refractivity contribution in [3.63, 3.8) is 0 Å². The molecule has 49 heavy (non-hydrogen) atoms. The van der Waals surface area contributed by atoms with Gasteiger partial charge in [0.05, 0.1) is 12.5 Å². The van der Waals surface area contributed by atoms with Crippen molar-refractivity contribution in [1.82, 2.24) is 20.9 Å². The molecule has 2 aromatic rings. The largest absolute Gasteiger partial charge is 0.481 e. The summed E-state index contributed by atoms with van der Waals surface area (Å²) in [5.74, 6) is -5.28. The first kappa shape index (κ1) is 36.6. The van der Waals surface area contributed by atoms with Gasteiger partial charge in [0.1, 0.15) is 30.5 Å². The van der Waals surface area contributed by atoms with E-state index >= 15 is 0 Å². The van der Waals surface area contributed by atoms with Crippen molar-refractivity contribution in [1.29, 1.82) is 0 Å². The van der Waals surface area contributed by atoms with Gasteiger partial charge in [-0.2, -0.15) is 0 Å². The van der Waals surface area contributed by atoms with Gasteiger partial charge in [-0.25, -0.2) is 0 Å². The third-order valence-electron chi connectivity index (χ3n) is 8.78. The number of hydrogen-bond acceptors (Lipinski definition) is 8. The first-order valence-electron chi connectivity index (χ1n) is 16.3. The Labute approximate surface area is 284 Å². The van der Waals surface area contributed by atoms with E-state index in [1.165, 1.54) is 4.90 Å². The van der Waals surface area contributed by atoms with Gasteiger partial charge in [-0.15, -0.1) is 0 Å². The van der Waals surface area contributed by atoms with Crippen LogP contribution in [0.25, 0.3) is 0 Å². The summed E-state index contributed by atoms with van der Waals surface area (Å²) in [6, 6.07) is 7.34. The van der Waals surface area contributed by atoms with Gasteiger partial charge < -0.3 is 41.2 Å². The molecule has 1 unspecified atom stereocenters. The number of rotatable bonds is 15. The first-order valence-corrected chi connectivity index (χ1v) is 16.3. The van der Waals surface area contributed by atoms with Gasteiger partial charge in [-0.05, 0) is 54.9 Å². The number of carbonyl (C=O) groups is 7. The van der Waals surface area contributed by atoms with Crippen LogP contribution in [0.15, 0.2) is 42.5 Å². The quantitative estimate of drug-likeness (QED) is 0.150. The molecule has 5 atom stereocenters. The Kier molecular flexibility index (Phi) is 12.1. The molecule has 0 saturated carbocycles. The number of nitrogens with one attached hydrogen (secondary N) is 4. The van der Waals surface area contributed by atoms with Crippen molar-refractivity contribution in [2.75, 3.05) is 11.9 Å². The third kappa shape index (κ3) is 9.21. The van der Waals surface area contributed by atoms with E-state index in [2.05, 4.69) is 21.3 Å². The molecule has 0 radical (unpaired) electrons. The molecule has 0 fully saturated rings. The minimum absolute atomic E-state index is 0.000675. The summed E-state index contributed by atoms with van der Waals surface area (Å²) in [5, 5.41) is 29.5. The lowest BCUT2D eigenvalue weighted by molar-refractivity contribution is -0.146. The summed E-state index contributed by atoms with van der Waals surface area (Å²) in [6.07, 6.45) is 0.349. The van der Waals surface area contributed by atoms with Crippen LogP contribution in [0, 0.1) is 12.8 Å². The normalized spacial score (nSPS) is 18.2. The monoisotopic (exact) mass is 677 g/mol. The lowest BCUT2D eigenvalue weighted by Gasteiger charge is -2.39. The van der Waals surface area contributed by atoms with Crippen LogP contribution in [-0.4, -0.2) is 87.7 Å². The highest BCUT2D eigenvalue weighted by atomic mass is 16.4. The van der Waals surface area contributed by atoms with Gasteiger partial charge >= 0.3 is 11.9 Å². The maximum absolute atomic E-state index is 14.3. The van der Waals surface area contributed by atoms with Gasteiger partial charge in [0.25, 0.3) is 0 Å². The molecule has 4 amide bonds. The van der Waals surface area contributed by atoms with E-state index in [1.54, 1.807) is 26.0 Å². The molecular weight excluding hydrogens is 634 g/mol. The van der Waals surface area contributed by atoms with E-state index in [4.69, 9.17) is 0 Å². The molecule has 14 heteroatoms. The number of amides is 4. The summed E-state index contributed by atoms with van der Waals surface area (Å²) in [4.78, 5) is 90.5. The summed E-state index contributed by atoms with van der Waals surface area (Å²) in [7, 11) is 0. The maximum Gasteiger partial charge on any atom is 0.305 e. The van der Waals surface area contributed by atoms with Gasteiger partial charge in [0.2, 0.25) is 23.6 Å². The molecule has 0 aliphatic carbocycles. The number of carbonyl (C=O) groups excluding carboxylic acids is 5. The van der Waals surface area contributed by atoms with Gasteiger partial charge in [-0.1, -0.05) is 55.8 Å². The minimum Gasteiger partial charge on any atom is -0.481 e. The van der Waals surface area contributed by atoms with Crippen molar-refractivity contribution in [3.8, 4) is 0 Å². The van der Waals surface area contributed by atoms with Crippen molar-refractivity contribution >= 4 is 47.5 Å². The predicted octanol–water partition coefficient (Wildman–Crippen LogP) is 1.50. The molecule has 0 spiro atoms. The zero-order valence-electron chi connectivity index (χ0n) is 27.7. The summed E-state index contributed by atoms with van der Waals surface area (Å²) in [6.45, 7) is 5.42. The minimum atomic E-state index is -1.32. The molecule has 262 valence electrons. The second-order valence-electron chi connectivity index (χ2n) is 12.9. The van der Waals surface area contributed by atoms with Crippen molar-refractivity contribution < 1.29 is 43.8 Å². The second kappa shape index (κ2) is 16.2. The van der Waals surface area contributed by atoms with Crippen LogP contribution in [0.1, 0.15) is 67.8 Å². The Balaban J connectivity index is 1.56. The smallest absolute Gasteiger partial charge is 0.305 e. The van der Waals surface area contributed by atoms with Gasteiger partial charge in [0.15, 0.2) is 0 Å². The van der Waals surface area contributed by atoms with E-state index in [9.17, 15) is 43.8 Å². The molecule has 2 aliphatic rings. The number of hydrogen-bond donors (Lipinski definition) is 6. The number of nitrogens with zero attached hydrogens (tertiary/aromatic N) is 1. The number of anilines is 1. The molecule has 14 nitrogen and oxygen atoms in total. The molecule has 2 aromatic carbocycles. The lowest BCUT2D eigenvalue weighted by Crippen LogP contribution is -2.59. The maximum atomic E-state index is 14.3. The lowest BCUT2D eigenvalue weighted by atomic mass is 9.89. The molecule has 2 heterocycles. The molecule has 0 aromatic heterocycles. The highest BCUT2D eigenvalue weighted by Gasteiger charge is 2.41. The van der Waals surface area contributed by atoms with Crippen LogP contribution in [0.2, 0.25) is 0 Å². The van der Waals surface area contributed by atoms with Crippen molar-refractivity contribution in [3.05, 3.63) is 64.7 Å². The Morgan fingerprint density at radius 1 is 0.959 bits per heavy atom. The van der Waals surface area contributed by atoms with Crippen LogP contribution in [0.4, 0.5) is 5.69 Å². The van der Waals surface area contributed by atoms with Crippen molar-refractivity contribution in [2.45, 2.75) is 89.5 Å². The molecule has 2 aliphatic heterocycles. The van der Waals surface area contributed by atoms with Crippen LogP contribution in [0.5, 0.6) is 0 Å².